The van der Waals surface area contributed by atoms with Gasteiger partial charge in [0.2, 0.25) is 0 Å². The number of halogens is 1. The lowest BCUT2D eigenvalue weighted by Crippen LogP contribution is -2.24. The molecule has 0 saturated carbocycles. The van der Waals surface area contributed by atoms with E-state index in [1.807, 2.05) is 13.0 Å². The molecule has 1 amide bonds. The molecule has 0 aromatic heterocycles. The topological polar surface area (TPSA) is 89.8 Å². The standard InChI is InChI=1S/C24H25ClN2O5/c1-5-9-32-23-20(25)11-16(12-22(23)31-6-2)10-18(14-26)24(28)27-15-17-7-8-19(29-3)13-21(17)30-4/h5,7-8,10-13H,1,6,9,15H2,2-4H3,(H,27,28)/b18-10+. The number of nitrogens with one attached hydrogen (secondary N) is 1. The van der Waals surface area contributed by atoms with Gasteiger partial charge in [-0.15, -0.1) is 0 Å². The minimum atomic E-state index is -0.536. The van der Waals surface area contributed by atoms with Gasteiger partial charge in [-0.2, -0.15) is 5.26 Å². The third-order valence-corrected chi connectivity index (χ3v) is 4.57. The average molecular weight is 457 g/mol. The molecule has 7 nitrogen and oxygen atoms in total. The minimum absolute atomic E-state index is 0.0873. The van der Waals surface area contributed by atoms with Gasteiger partial charge >= 0.3 is 0 Å². The van der Waals surface area contributed by atoms with E-state index in [0.717, 1.165) is 5.56 Å². The minimum Gasteiger partial charge on any atom is -0.497 e. The van der Waals surface area contributed by atoms with E-state index in [0.29, 0.717) is 40.2 Å². The maximum absolute atomic E-state index is 12.6. The van der Waals surface area contributed by atoms with Crippen LogP contribution < -0.4 is 24.3 Å². The predicted octanol–water partition coefficient (Wildman–Crippen LogP) is 4.54. The van der Waals surface area contributed by atoms with E-state index in [2.05, 4.69) is 11.9 Å². The quantitative estimate of drug-likeness (QED) is 0.303. The Kier molecular flexibility index (Phi) is 9.45. The van der Waals surface area contributed by atoms with Crippen LogP contribution in [-0.4, -0.2) is 33.3 Å². The molecule has 0 radical (unpaired) electrons. The second-order valence-electron chi connectivity index (χ2n) is 6.39. The van der Waals surface area contributed by atoms with Crippen molar-refractivity contribution in [3.05, 3.63) is 64.7 Å². The SMILES string of the molecule is C=CCOc1c(Cl)cc(/C=C(\C#N)C(=O)NCc2ccc(OC)cc2OC)cc1OCC. The summed E-state index contributed by atoms with van der Waals surface area (Å²) in [4.78, 5) is 12.6. The van der Waals surface area contributed by atoms with Crippen molar-refractivity contribution in [2.75, 3.05) is 27.4 Å². The molecule has 0 aliphatic carbocycles. The van der Waals surface area contributed by atoms with Crippen LogP contribution in [0.5, 0.6) is 23.0 Å². The van der Waals surface area contributed by atoms with Crippen LogP contribution in [0.1, 0.15) is 18.1 Å². The summed E-state index contributed by atoms with van der Waals surface area (Å²) in [5.74, 6) is 1.45. The lowest BCUT2D eigenvalue weighted by molar-refractivity contribution is -0.117. The van der Waals surface area contributed by atoms with Crippen molar-refractivity contribution in [3.63, 3.8) is 0 Å². The fraction of sp³-hybridized carbons (Fsp3) is 0.250. The van der Waals surface area contributed by atoms with Crippen LogP contribution in [0.3, 0.4) is 0 Å². The molecule has 8 heteroatoms. The van der Waals surface area contributed by atoms with Gasteiger partial charge < -0.3 is 24.3 Å². The first kappa shape index (κ1) is 24.6. The van der Waals surface area contributed by atoms with Crippen molar-refractivity contribution < 1.29 is 23.7 Å². The van der Waals surface area contributed by atoms with Gasteiger partial charge in [-0.25, -0.2) is 0 Å². The molecule has 168 valence electrons. The van der Waals surface area contributed by atoms with Gasteiger partial charge in [0.25, 0.3) is 5.91 Å². The molecule has 0 spiro atoms. The fourth-order valence-corrected chi connectivity index (χ4v) is 3.07. The molecule has 0 saturated heterocycles. The van der Waals surface area contributed by atoms with E-state index < -0.39 is 5.91 Å². The lowest BCUT2D eigenvalue weighted by atomic mass is 10.1. The molecule has 2 aromatic rings. The Balaban J connectivity index is 2.24. The van der Waals surface area contributed by atoms with E-state index in [1.54, 1.807) is 43.5 Å². The lowest BCUT2D eigenvalue weighted by Gasteiger charge is -2.14. The number of hydrogen-bond acceptors (Lipinski definition) is 6. The average Bonchev–Trinajstić information content (AvgIpc) is 2.80. The van der Waals surface area contributed by atoms with Crippen molar-refractivity contribution in [1.82, 2.24) is 5.32 Å². The Labute approximate surface area is 192 Å². The fourth-order valence-electron chi connectivity index (χ4n) is 2.80. The number of nitriles is 1. The Hall–Kier alpha value is -3.63. The monoisotopic (exact) mass is 456 g/mol. The highest BCUT2D eigenvalue weighted by atomic mass is 35.5. The van der Waals surface area contributed by atoms with E-state index in [1.165, 1.54) is 13.2 Å². The summed E-state index contributed by atoms with van der Waals surface area (Å²) in [7, 11) is 3.09. The zero-order chi connectivity index (χ0) is 23.5. The van der Waals surface area contributed by atoms with Gasteiger partial charge in [0.1, 0.15) is 29.7 Å². The molecule has 0 heterocycles. The third kappa shape index (κ3) is 6.43. The Morgan fingerprint density at radius 2 is 1.97 bits per heavy atom. The number of amides is 1. The highest BCUT2D eigenvalue weighted by Crippen LogP contribution is 2.37. The van der Waals surface area contributed by atoms with Gasteiger partial charge in [-0.3, -0.25) is 4.79 Å². The third-order valence-electron chi connectivity index (χ3n) is 4.29. The molecule has 0 bridgehead atoms. The highest BCUT2D eigenvalue weighted by molar-refractivity contribution is 6.32. The van der Waals surface area contributed by atoms with E-state index in [-0.39, 0.29) is 18.7 Å². The maximum Gasteiger partial charge on any atom is 0.262 e. The predicted molar refractivity (Wildman–Crippen MR) is 123 cm³/mol. The molecular formula is C24H25ClN2O5. The normalized spacial score (nSPS) is 10.7. The van der Waals surface area contributed by atoms with Gasteiger partial charge in [0.15, 0.2) is 11.5 Å². The largest absolute Gasteiger partial charge is 0.497 e. The van der Waals surface area contributed by atoms with E-state index in [4.69, 9.17) is 30.5 Å². The number of carbonyl (C=O) groups is 1. The summed E-state index contributed by atoms with van der Waals surface area (Å²) < 4.78 is 21.7. The zero-order valence-corrected chi connectivity index (χ0v) is 19.0. The Bertz CT molecular complexity index is 1040. The van der Waals surface area contributed by atoms with Gasteiger partial charge in [-0.05, 0) is 42.8 Å². The van der Waals surface area contributed by atoms with Gasteiger partial charge in [-0.1, -0.05) is 24.3 Å². The summed E-state index contributed by atoms with van der Waals surface area (Å²) in [6.07, 6.45) is 3.03. The molecule has 0 atom stereocenters. The first-order valence-corrected chi connectivity index (χ1v) is 10.2. The first-order chi connectivity index (χ1) is 15.5. The summed E-state index contributed by atoms with van der Waals surface area (Å²) in [6, 6.07) is 10.4. The van der Waals surface area contributed by atoms with Crippen molar-refractivity contribution in [2.45, 2.75) is 13.5 Å². The molecule has 0 unspecified atom stereocenters. The van der Waals surface area contributed by atoms with Crippen LogP contribution in [0.2, 0.25) is 5.02 Å². The Morgan fingerprint density at radius 1 is 1.19 bits per heavy atom. The molecule has 2 rings (SSSR count). The first-order valence-electron chi connectivity index (χ1n) is 9.78. The second-order valence-corrected chi connectivity index (χ2v) is 6.80. The van der Waals surface area contributed by atoms with E-state index in [9.17, 15) is 10.1 Å². The van der Waals surface area contributed by atoms with Crippen LogP contribution in [-0.2, 0) is 11.3 Å². The van der Waals surface area contributed by atoms with Crippen LogP contribution in [0, 0.1) is 11.3 Å². The van der Waals surface area contributed by atoms with Crippen molar-refractivity contribution in [2.24, 2.45) is 0 Å². The molecule has 1 N–H and O–H groups in total. The highest BCUT2D eigenvalue weighted by Gasteiger charge is 2.15. The smallest absolute Gasteiger partial charge is 0.262 e. The van der Waals surface area contributed by atoms with Crippen LogP contribution in [0.15, 0.2) is 48.6 Å². The molecule has 0 aliphatic rings. The maximum atomic E-state index is 12.6. The molecule has 0 fully saturated rings. The number of methoxy groups -OCH3 is 2. The summed E-state index contributed by atoms with van der Waals surface area (Å²) in [5, 5.41) is 12.5. The van der Waals surface area contributed by atoms with Crippen LogP contribution in [0.25, 0.3) is 6.08 Å². The molecule has 0 aliphatic heterocycles. The van der Waals surface area contributed by atoms with Crippen molar-refractivity contribution in [3.8, 4) is 29.1 Å². The zero-order valence-electron chi connectivity index (χ0n) is 18.2. The number of carbonyl (C=O) groups excluding carboxylic acids is 1. The molecule has 2 aromatic carbocycles. The van der Waals surface area contributed by atoms with Gasteiger partial charge in [0.05, 0.1) is 25.8 Å². The van der Waals surface area contributed by atoms with Crippen molar-refractivity contribution in [1.29, 1.82) is 5.26 Å². The van der Waals surface area contributed by atoms with E-state index >= 15 is 0 Å². The second kappa shape index (κ2) is 12.3. The van der Waals surface area contributed by atoms with Crippen LogP contribution >= 0.6 is 11.6 Å². The number of rotatable bonds is 11. The van der Waals surface area contributed by atoms with Gasteiger partial charge in [0, 0.05) is 18.2 Å². The van der Waals surface area contributed by atoms with Crippen LogP contribution in [0.4, 0.5) is 0 Å². The Morgan fingerprint density at radius 3 is 2.59 bits per heavy atom. The summed E-state index contributed by atoms with van der Waals surface area (Å²) >= 11 is 6.34. The number of ether oxygens (including phenoxy) is 4. The summed E-state index contributed by atoms with van der Waals surface area (Å²) in [5.41, 5.74) is 1.18. The van der Waals surface area contributed by atoms with Crippen molar-refractivity contribution >= 4 is 23.6 Å². The molecular weight excluding hydrogens is 432 g/mol. The number of benzene rings is 2. The number of hydrogen-bond donors (Lipinski definition) is 1. The summed E-state index contributed by atoms with van der Waals surface area (Å²) in [6.45, 7) is 6.27. The number of nitrogens with zero attached hydrogens (tertiary/aromatic N) is 1. The molecule has 32 heavy (non-hydrogen) atoms.